The van der Waals surface area contributed by atoms with Crippen LogP contribution in [0, 0.1) is 23.7 Å². The Kier molecular flexibility index (Phi) is 4.31. The Labute approximate surface area is 109 Å². The summed E-state index contributed by atoms with van der Waals surface area (Å²) in [7, 11) is -3.82. The van der Waals surface area contributed by atoms with Crippen molar-refractivity contribution in [2.75, 3.05) is 12.3 Å². The van der Waals surface area contributed by atoms with Crippen LogP contribution in [-0.4, -0.2) is 31.3 Å². The van der Waals surface area contributed by atoms with Crippen LogP contribution in [-0.2, 0) is 10.1 Å². The van der Waals surface area contributed by atoms with Gasteiger partial charge in [0.1, 0.15) is 0 Å². The predicted molar refractivity (Wildman–Crippen MR) is 70.5 cm³/mol. The highest BCUT2D eigenvalue weighted by molar-refractivity contribution is 7.85. The Morgan fingerprint density at radius 2 is 1.94 bits per heavy atom. The van der Waals surface area contributed by atoms with Crippen molar-refractivity contribution in [2.24, 2.45) is 23.7 Å². The number of hydrazine groups is 1. The van der Waals surface area contributed by atoms with Crippen LogP contribution in [0.2, 0.25) is 0 Å². The molecule has 6 heteroatoms. The quantitative estimate of drug-likeness (QED) is 0.384. The fourth-order valence-corrected chi connectivity index (χ4v) is 4.16. The van der Waals surface area contributed by atoms with Gasteiger partial charge in [-0.3, -0.25) is 15.4 Å². The van der Waals surface area contributed by atoms with Gasteiger partial charge in [0.2, 0.25) is 0 Å². The maximum absolute atomic E-state index is 10.5. The molecule has 0 aromatic heterocycles. The molecule has 2 fully saturated rings. The normalized spacial score (nSPS) is 39.4. The van der Waals surface area contributed by atoms with Crippen molar-refractivity contribution in [2.45, 2.75) is 39.2 Å². The fourth-order valence-electron chi connectivity index (χ4n) is 3.65. The molecule has 3 N–H and O–H groups in total. The van der Waals surface area contributed by atoms with Gasteiger partial charge in [0.05, 0.1) is 5.75 Å². The minimum absolute atomic E-state index is 0.175. The van der Waals surface area contributed by atoms with E-state index in [4.69, 9.17) is 4.55 Å². The molecule has 0 heterocycles. The van der Waals surface area contributed by atoms with Crippen molar-refractivity contribution in [3.8, 4) is 0 Å². The van der Waals surface area contributed by atoms with Crippen molar-refractivity contribution in [1.29, 1.82) is 0 Å². The minimum atomic E-state index is -3.82. The summed E-state index contributed by atoms with van der Waals surface area (Å²) in [4.78, 5) is 0. The van der Waals surface area contributed by atoms with Crippen molar-refractivity contribution in [1.82, 2.24) is 10.9 Å². The molecule has 0 aromatic carbocycles. The van der Waals surface area contributed by atoms with Gasteiger partial charge in [0.25, 0.3) is 10.1 Å². The molecule has 5 nitrogen and oxygen atoms in total. The van der Waals surface area contributed by atoms with E-state index in [1.54, 1.807) is 0 Å². The monoisotopic (exact) mass is 276 g/mol. The maximum Gasteiger partial charge on any atom is 0.264 e. The van der Waals surface area contributed by atoms with Crippen molar-refractivity contribution >= 4 is 10.1 Å². The highest BCUT2D eigenvalue weighted by atomic mass is 32.2. The summed E-state index contributed by atoms with van der Waals surface area (Å²) in [5.41, 5.74) is 6.42. The van der Waals surface area contributed by atoms with Crippen LogP contribution in [0.15, 0.2) is 0 Å². The molecule has 5 unspecified atom stereocenters. The molecule has 0 radical (unpaired) electrons. The molecule has 18 heavy (non-hydrogen) atoms. The van der Waals surface area contributed by atoms with Crippen LogP contribution >= 0.6 is 0 Å². The molecular weight excluding hydrogens is 252 g/mol. The number of fused-ring (bicyclic) bond motifs is 2. The van der Waals surface area contributed by atoms with Gasteiger partial charge in [0.15, 0.2) is 0 Å². The number of nitrogens with one attached hydrogen (secondary N) is 2. The summed E-state index contributed by atoms with van der Waals surface area (Å²) >= 11 is 0. The van der Waals surface area contributed by atoms with E-state index in [9.17, 15) is 8.42 Å². The van der Waals surface area contributed by atoms with Gasteiger partial charge in [-0.1, -0.05) is 13.8 Å². The fraction of sp³-hybridized carbons (Fsp3) is 1.00. The summed E-state index contributed by atoms with van der Waals surface area (Å²) in [6.07, 6.45) is 2.98. The SMILES string of the molecule is CC1C2CC(NNCCCS(=O)(=O)O)C(C2)C1C. The first kappa shape index (κ1) is 14.2. The topological polar surface area (TPSA) is 78.4 Å². The second kappa shape index (κ2) is 5.45. The van der Waals surface area contributed by atoms with Crippen LogP contribution in [0.4, 0.5) is 0 Å². The van der Waals surface area contributed by atoms with Gasteiger partial charge in [-0.2, -0.15) is 8.42 Å². The first-order chi connectivity index (χ1) is 8.38. The van der Waals surface area contributed by atoms with E-state index in [1.807, 2.05) is 0 Å². The largest absolute Gasteiger partial charge is 0.286 e. The van der Waals surface area contributed by atoms with Crippen LogP contribution in [0.5, 0.6) is 0 Å². The Morgan fingerprint density at radius 3 is 2.50 bits per heavy atom. The standard InChI is InChI=1S/C12H24N2O3S/c1-8-9(2)11-6-10(8)7-12(11)14-13-4-3-5-18(15,16)17/h8-14H,3-7H2,1-2H3,(H,15,16,17). The summed E-state index contributed by atoms with van der Waals surface area (Å²) in [6.45, 7) is 5.25. The van der Waals surface area contributed by atoms with E-state index in [0.717, 1.165) is 23.7 Å². The molecule has 2 aliphatic carbocycles. The molecule has 2 aliphatic rings. The van der Waals surface area contributed by atoms with E-state index in [2.05, 4.69) is 24.7 Å². The Balaban J connectivity index is 1.64. The Morgan fingerprint density at radius 1 is 1.22 bits per heavy atom. The number of hydrogen-bond acceptors (Lipinski definition) is 4. The zero-order valence-corrected chi connectivity index (χ0v) is 11.9. The molecule has 5 atom stereocenters. The van der Waals surface area contributed by atoms with Crippen LogP contribution in [0.1, 0.15) is 33.1 Å². The molecular formula is C12H24N2O3S. The van der Waals surface area contributed by atoms with E-state index in [0.29, 0.717) is 19.0 Å². The third-order valence-electron chi connectivity index (χ3n) is 4.89. The van der Waals surface area contributed by atoms with E-state index < -0.39 is 10.1 Å². The molecule has 0 saturated heterocycles. The molecule has 0 amide bonds. The lowest BCUT2D eigenvalue weighted by Crippen LogP contribution is -2.46. The molecule has 0 aromatic rings. The third kappa shape index (κ3) is 3.23. The minimum Gasteiger partial charge on any atom is -0.286 e. The van der Waals surface area contributed by atoms with E-state index >= 15 is 0 Å². The van der Waals surface area contributed by atoms with Crippen LogP contribution in [0.3, 0.4) is 0 Å². The molecule has 0 spiro atoms. The highest BCUT2D eigenvalue weighted by Gasteiger charge is 2.48. The highest BCUT2D eigenvalue weighted by Crippen LogP contribution is 2.51. The van der Waals surface area contributed by atoms with Gasteiger partial charge in [-0.05, 0) is 42.9 Å². The van der Waals surface area contributed by atoms with E-state index in [1.165, 1.54) is 12.8 Å². The predicted octanol–water partition coefficient (Wildman–Crippen LogP) is 1.04. The number of hydrogen-bond donors (Lipinski definition) is 3. The third-order valence-corrected chi connectivity index (χ3v) is 5.69. The summed E-state index contributed by atoms with van der Waals surface area (Å²) in [5, 5.41) is 0. The van der Waals surface area contributed by atoms with Gasteiger partial charge in [-0.15, -0.1) is 0 Å². The van der Waals surface area contributed by atoms with Gasteiger partial charge >= 0.3 is 0 Å². The lowest BCUT2D eigenvalue weighted by Gasteiger charge is -2.32. The lowest BCUT2D eigenvalue weighted by molar-refractivity contribution is 0.196. The number of rotatable bonds is 6. The summed E-state index contributed by atoms with van der Waals surface area (Å²) in [5.74, 6) is 3.04. The lowest BCUT2D eigenvalue weighted by atomic mass is 9.79. The van der Waals surface area contributed by atoms with Crippen molar-refractivity contribution in [3.63, 3.8) is 0 Å². The second-order valence-electron chi connectivity index (χ2n) is 5.93. The van der Waals surface area contributed by atoms with Crippen molar-refractivity contribution in [3.05, 3.63) is 0 Å². The Bertz CT molecular complexity index is 383. The maximum atomic E-state index is 10.5. The average Bonchev–Trinajstić information content (AvgIpc) is 2.78. The molecule has 2 saturated carbocycles. The molecule has 0 aliphatic heterocycles. The van der Waals surface area contributed by atoms with Gasteiger partial charge < -0.3 is 0 Å². The van der Waals surface area contributed by atoms with Gasteiger partial charge in [-0.25, -0.2) is 0 Å². The smallest absolute Gasteiger partial charge is 0.264 e. The first-order valence-corrected chi connectivity index (χ1v) is 8.43. The van der Waals surface area contributed by atoms with Gasteiger partial charge in [0, 0.05) is 12.6 Å². The molecule has 2 bridgehead atoms. The van der Waals surface area contributed by atoms with Crippen LogP contribution < -0.4 is 10.9 Å². The first-order valence-electron chi connectivity index (χ1n) is 6.82. The average molecular weight is 276 g/mol. The van der Waals surface area contributed by atoms with E-state index in [-0.39, 0.29) is 5.75 Å². The molecule has 2 rings (SSSR count). The molecule has 106 valence electrons. The summed E-state index contributed by atoms with van der Waals surface area (Å²) in [6, 6.07) is 0.520. The summed E-state index contributed by atoms with van der Waals surface area (Å²) < 4.78 is 29.7. The Hall–Kier alpha value is -0.170. The second-order valence-corrected chi connectivity index (χ2v) is 7.50. The zero-order valence-electron chi connectivity index (χ0n) is 11.1. The zero-order chi connectivity index (χ0) is 13.3. The van der Waals surface area contributed by atoms with Crippen molar-refractivity contribution < 1.29 is 13.0 Å². The van der Waals surface area contributed by atoms with Crippen LogP contribution in [0.25, 0.3) is 0 Å².